The molecule has 2 aromatic rings. The Hall–Kier alpha value is -2.90. The number of carbonyl (C=O) groups is 2. The largest absolute Gasteiger partial charge is 0.485 e. The number of rotatable bonds is 5. The molecule has 0 saturated carbocycles. The molecule has 164 valence electrons. The number of carbonyl (C=O) groups excluding carboxylic acids is 1. The number of β-amino-alcohol motifs (C(OH)–C–C–N with tert-alkyl or cyclic N) is 1. The van der Waals surface area contributed by atoms with E-state index in [2.05, 4.69) is 23.1 Å². The van der Waals surface area contributed by atoms with Gasteiger partial charge in [0.15, 0.2) is 0 Å². The second kappa shape index (κ2) is 8.32. The molecular formula is C24H28N2O5. The number of hydrogen-bond acceptors (Lipinski definition) is 5. The van der Waals surface area contributed by atoms with Gasteiger partial charge in [0.05, 0.1) is 23.8 Å². The zero-order valence-electron chi connectivity index (χ0n) is 17.9. The molecule has 0 aromatic heterocycles. The van der Waals surface area contributed by atoms with Crippen molar-refractivity contribution >= 4 is 11.9 Å². The first-order valence-corrected chi connectivity index (χ1v) is 10.5. The van der Waals surface area contributed by atoms with E-state index in [1.165, 1.54) is 29.3 Å². The highest BCUT2D eigenvalue weighted by molar-refractivity contribution is 5.99. The summed E-state index contributed by atoms with van der Waals surface area (Å²) in [7, 11) is 0. The van der Waals surface area contributed by atoms with Gasteiger partial charge in [-0.3, -0.25) is 9.69 Å². The molecule has 2 aliphatic heterocycles. The molecule has 0 unspecified atom stereocenters. The highest BCUT2D eigenvalue weighted by Gasteiger charge is 2.35. The average Bonchev–Trinajstić information content (AvgIpc) is 2.80. The summed E-state index contributed by atoms with van der Waals surface area (Å²) in [4.78, 5) is 28.3. The van der Waals surface area contributed by atoms with Gasteiger partial charge in [0.25, 0.3) is 5.91 Å². The Kier molecular flexibility index (Phi) is 5.73. The summed E-state index contributed by atoms with van der Waals surface area (Å²) in [5.74, 6) is -1.07. The lowest BCUT2D eigenvalue weighted by Gasteiger charge is -2.33. The third kappa shape index (κ3) is 4.73. The van der Waals surface area contributed by atoms with Crippen molar-refractivity contribution in [3.63, 3.8) is 0 Å². The average molecular weight is 424 g/mol. The lowest BCUT2D eigenvalue weighted by molar-refractivity contribution is 0.0287. The van der Waals surface area contributed by atoms with Crippen molar-refractivity contribution in [3.8, 4) is 5.75 Å². The number of aliphatic hydroxyl groups excluding tert-OH is 1. The standard InChI is InChI=1S/C24H28N2O5/c1-24(2)15-26(22(28)20-8-7-17(23(29)30)11-21(20)31-24)14-19(27)13-25-10-9-16-5-3-4-6-18(16)12-25/h3-8,11,19,27H,9-10,12-15H2,1-2H3,(H,29,30)/t19-/m1/s1. The van der Waals surface area contributed by atoms with Crippen molar-refractivity contribution in [2.75, 3.05) is 26.2 Å². The highest BCUT2D eigenvalue weighted by Crippen LogP contribution is 2.30. The second-order valence-electron chi connectivity index (χ2n) is 8.97. The van der Waals surface area contributed by atoms with Gasteiger partial charge in [-0.2, -0.15) is 0 Å². The number of ether oxygens (including phenoxy) is 1. The van der Waals surface area contributed by atoms with Crippen LogP contribution in [0.5, 0.6) is 5.75 Å². The van der Waals surface area contributed by atoms with E-state index in [1.54, 1.807) is 4.90 Å². The topological polar surface area (TPSA) is 90.3 Å². The van der Waals surface area contributed by atoms with E-state index in [9.17, 15) is 19.8 Å². The van der Waals surface area contributed by atoms with E-state index < -0.39 is 17.7 Å². The maximum Gasteiger partial charge on any atom is 0.335 e. The molecule has 1 atom stereocenters. The fourth-order valence-electron chi connectivity index (χ4n) is 4.42. The van der Waals surface area contributed by atoms with Gasteiger partial charge >= 0.3 is 5.97 Å². The molecule has 0 spiro atoms. The summed E-state index contributed by atoms with van der Waals surface area (Å²) < 4.78 is 5.99. The number of benzene rings is 2. The van der Waals surface area contributed by atoms with Crippen LogP contribution in [-0.2, 0) is 13.0 Å². The molecule has 0 aliphatic carbocycles. The summed E-state index contributed by atoms with van der Waals surface area (Å²) in [5, 5.41) is 20.0. The lowest BCUT2D eigenvalue weighted by atomic mass is 9.99. The first-order valence-electron chi connectivity index (χ1n) is 10.5. The smallest absolute Gasteiger partial charge is 0.335 e. The molecule has 2 N–H and O–H groups in total. The number of fused-ring (bicyclic) bond motifs is 2. The lowest BCUT2D eigenvalue weighted by Crippen LogP contribution is -2.48. The maximum atomic E-state index is 13.2. The Morgan fingerprint density at radius 2 is 1.90 bits per heavy atom. The van der Waals surface area contributed by atoms with Crippen molar-refractivity contribution in [1.82, 2.24) is 9.80 Å². The van der Waals surface area contributed by atoms with Crippen molar-refractivity contribution in [1.29, 1.82) is 0 Å². The van der Waals surface area contributed by atoms with Crippen LogP contribution in [0, 0.1) is 0 Å². The molecule has 0 bridgehead atoms. The molecule has 7 nitrogen and oxygen atoms in total. The number of carboxylic acids is 1. The fourth-order valence-corrected chi connectivity index (χ4v) is 4.42. The number of carboxylic acid groups (broad SMARTS) is 1. The third-order valence-corrected chi connectivity index (χ3v) is 5.81. The first kappa shape index (κ1) is 21.3. The minimum absolute atomic E-state index is 0.0706. The zero-order chi connectivity index (χ0) is 22.2. The van der Waals surface area contributed by atoms with Crippen molar-refractivity contribution in [2.45, 2.75) is 38.5 Å². The van der Waals surface area contributed by atoms with E-state index in [-0.39, 0.29) is 23.8 Å². The van der Waals surface area contributed by atoms with Gasteiger partial charge in [0, 0.05) is 26.2 Å². The van der Waals surface area contributed by atoms with Gasteiger partial charge in [0.1, 0.15) is 11.4 Å². The van der Waals surface area contributed by atoms with Crippen LogP contribution in [0.2, 0.25) is 0 Å². The fraction of sp³-hybridized carbons (Fsp3) is 0.417. The molecule has 2 aromatic carbocycles. The summed E-state index contributed by atoms with van der Waals surface area (Å²) in [6.07, 6.45) is 0.246. The molecule has 7 heteroatoms. The van der Waals surface area contributed by atoms with Crippen LogP contribution in [0.15, 0.2) is 42.5 Å². The SMILES string of the molecule is CC1(C)CN(C[C@H](O)CN2CCc3ccccc3C2)C(=O)c2ccc(C(=O)O)cc2O1. The van der Waals surface area contributed by atoms with E-state index in [0.29, 0.717) is 18.7 Å². The Morgan fingerprint density at radius 1 is 1.16 bits per heavy atom. The summed E-state index contributed by atoms with van der Waals surface area (Å²) >= 11 is 0. The van der Waals surface area contributed by atoms with Crippen molar-refractivity contribution < 1.29 is 24.5 Å². The number of nitrogens with zero attached hydrogens (tertiary/aromatic N) is 2. The van der Waals surface area contributed by atoms with Gasteiger partial charge in [0.2, 0.25) is 0 Å². The number of hydrogen-bond donors (Lipinski definition) is 2. The molecule has 31 heavy (non-hydrogen) atoms. The van der Waals surface area contributed by atoms with E-state index in [1.807, 2.05) is 19.9 Å². The Balaban J connectivity index is 1.47. The summed E-state index contributed by atoms with van der Waals surface area (Å²) in [6, 6.07) is 12.6. The van der Waals surface area contributed by atoms with Gasteiger partial charge in [-0.15, -0.1) is 0 Å². The van der Waals surface area contributed by atoms with Crippen molar-refractivity contribution in [3.05, 3.63) is 64.7 Å². The Labute approximate surface area is 181 Å². The van der Waals surface area contributed by atoms with E-state index >= 15 is 0 Å². The molecule has 2 heterocycles. The summed E-state index contributed by atoms with van der Waals surface area (Å²) in [6.45, 7) is 6.32. The summed E-state index contributed by atoms with van der Waals surface area (Å²) in [5.41, 5.74) is 2.30. The molecule has 2 aliphatic rings. The van der Waals surface area contributed by atoms with Crippen LogP contribution in [0.3, 0.4) is 0 Å². The van der Waals surface area contributed by atoms with Crippen LogP contribution < -0.4 is 4.74 Å². The molecule has 4 rings (SSSR count). The number of aliphatic hydroxyl groups is 1. The predicted octanol–water partition coefficient (Wildman–Crippen LogP) is 2.42. The molecule has 1 amide bonds. The number of amides is 1. The first-order chi connectivity index (χ1) is 14.7. The second-order valence-corrected chi connectivity index (χ2v) is 8.97. The van der Waals surface area contributed by atoms with E-state index in [0.717, 1.165) is 19.5 Å². The third-order valence-electron chi connectivity index (χ3n) is 5.81. The van der Waals surface area contributed by atoms with Gasteiger partial charge in [-0.25, -0.2) is 4.79 Å². The number of aromatic carboxylic acids is 1. The minimum Gasteiger partial charge on any atom is -0.485 e. The maximum absolute atomic E-state index is 13.2. The Morgan fingerprint density at radius 3 is 2.65 bits per heavy atom. The van der Waals surface area contributed by atoms with Crippen LogP contribution in [0.25, 0.3) is 0 Å². The quantitative estimate of drug-likeness (QED) is 0.766. The zero-order valence-corrected chi connectivity index (χ0v) is 17.9. The molecular weight excluding hydrogens is 396 g/mol. The molecule has 0 radical (unpaired) electrons. The van der Waals surface area contributed by atoms with Gasteiger partial charge in [-0.1, -0.05) is 24.3 Å². The minimum atomic E-state index is -1.07. The van der Waals surface area contributed by atoms with Crippen LogP contribution in [-0.4, -0.2) is 69.8 Å². The van der Waals surface area contributed by atoms with Gasteiger partial charge in [-0.05, 0) is 49.6 Å². The van der Waals surface area contributed by atoms with Crippen molar-refractivity contribution in [2.24, 2.45) is 0 Å². The molecule has 0 fully saturated rings. The monoisotopic (exact) mass is 424 g/mol. The van der Waals surface area contributed by atoms with Crippen LogP contribution in [0.1, 0.15) is 45.7 Å². The van der Waals surface area contributed by atoms with Gasteiger partial charge < -0.3 is 19.8 Å². The molecule has 0 saturated heterocycles. The van der Waals surface area contributed by atoms with Crippen LogP contribution in [0.4, 0.5) is 0 Å². The highest BCUT2D eigenvalue weighted by atomic mass is 16.5. The predicted molar refractivity (Wildman–Crippen MR) is 115 cm³/mol. The Bertz CT molecular complexity index is 1000. The van der Waals surface area contributed by atoms with Crippen LogP contribution >= 0.6 is 0 Å². The van der Waals surface area contributed by atoms with E-state index in [4.69, 9.17) is 4.74 Å². The normalized spacial score (nSPS) is 19.1.